The first-order valence-corrected chi connectivity index (χ1v) is 9.69. The van der Waals surface area contributed by atoms with Crippen LogP contribution >= 0.6 is 0 Å². The first kappa shape index (κ1) is 20.4. The van der Waals surface area contributed by atoms with Gasteiger partial charge in [-0.25, -0.2) is 9.50 Å². The summed E-state index contributed by atoms with van der Waals surface area (Å²) in [6, 6.07) is 4.91. The number of fused-ring (bicyclic) bond motifs is 1. The summed E-state index contributed by atoms with van der Waals surface area (Å²) in [4.78, 5) is 11.0. The van der Waals surface area contributed by atoms with Gasteiger partial charge in [-0.15, -0.1) is 5.10 Å². The van der Waals surface area contributed by atoms with Gasteiger partial charge in [0.05, 0.1) is 18.8 Å². The molecule has 3 aromatic rings. The highest BCUT2D eigenvalue weighted by Gasteiger charge is 2.30. The molecule has 11 heteroatoms. The third-order valence-corrected chi connectivity index (χ3v) is 4.75. The molecule has 0 radical (unpaired) electrons. The van der Waals surface area contributed by atoms with E-state index < -0.39 is 11.7 Å². The molecule has 0 atom stereocenters. The van der Waals surface area contributed by atoms with Crippen LogP contribution in [-0.4, -0.2) is 63.9 Å². The van der Waals surface area contributed by atoms with Crippen LogP contribution in [0.5, 0.6) is 0 Å². The van der Waals surface area contributed by atoms with Crippen molar-refractivity contribution in [2.24, 2.45) is 0 Å². The normalized spacial score (nSPS) is 15.4. The molecule has 0 aliphatic carbocycles. The monoisotopic (exact) mass is 421 g/mol. The minimum atomic E-state index is -4.41. The molecule has 0 saturated carbocycles. The second kappa shape index (κ2) is 8.84. The summed E-state index contributed by atoms with van der Waals surface area (Å²) in [5.41, 5.74) is 0.0209. The van der Waals surface area contributed by atoms with Crippen molar-refractivity contribution in [1.82, 2.24) is 24.5 Å². The number of hydrogen-bond acceptors (Lipinski definition) is 7. The Morgan fingerprint density at radius 3 is 2.80 bits per heavy atom. The van der Waals surface area contributed by atoms with Crippen LogP contribution < -0.4 is 10.6 Å². The van der Waals surface area contributed by atoms with Gasteiger partial charge in [-0.2, -0.15) is 18.2 Å². The predicted octanol–water partition coefficient (Wildman–Crippen LogP) is 3.02. The molecular formula is C19H22F3N7O. The lowest BCUT2D eigenvalue weighted by Crippen LogP contribution is -2.37. The number of nitrogens with zero attached hydrogens (tertiary/aromatic N) is 5. The van der Waals surface area contributed by atoms with Gasteiger partial charge in [-0.05, 0) is 31.2 Å². The molecule has 160 valence electrons. The van der Waals surface area contributed by atoms with Gasteiger partial charge in [0.1, 0.15) is 0 Å². The van der Waals surface area contributed by atoms with Crippen molar-refractivity contribution in [3.63, 3.8) is 0 Å². The standard InChI is InChI=1S/C19H22F3N7O/c20-19(21,22)14-3-1-4-15(13-14)25-18-26-17-16(24-6-8-29(17)27-18)23-5-2-7-28-9-11-30-12-10-28/h1,3-4,6,8,13H,2,5,7,9-12H2,(H,23,24)(H,25,27). The van der Waals surface area contributed by atoms with E-state index in [0.29, 0.717) is 18.0 Å². The number of hydrogen-bond donors (Lipinski definition) is 2. The quantitative estimate of drug-likeness (QED) is 0.568. The number of morpholine rings is 1. The van der Waals surface area contributed by atoms with E-state index in [1.54, 1.807) is 12.4 Å². The molecule has 8 nitrogen and oxygen atoms in total. The molecule has 1 aromatic carbocycles. The van der Waals surface area contributed by atoms with Crippen LogP contribution in [0, 0.1) is 0 Å². The van der Waals surface area contributed by atoms with Crippen molar-refractivity contribution < 1.29 is 17.9 Å². The molecule has 2 aromatic heterocycles. The number of rotatable bonds is 7. The third-order valence-electron chi connectivity index (χ3n) is 4.75. The SMILES string of the molecule is FC(F)(F)c1cccc(Nc2nc3c(NCCCN4CCOCC4)nccn3n2)c1. The van der Waals surface area contributed by atoms with Crippen molar-refractivity contribution in [3.8, 4) is 0 Å². The van der Waals surface area contributed by atoms with E-state index >= 15 is 0 Å². The molecule has 0 unspecified atom stereocenters. The van der Waals surface area contributed by atoms with Crippen LogP contribution in [0.15, 0.2) is 36.7 Å². The molecule has 0 amide bonds. The molecule has 0 spiro atoms. The van der Waals surface area contributed by atoms with Gasteiger partial charge in [-0.1, -0.05) is 6.07 Å². The number of anilines is 3. The Labute approximate surface area is 171 Å². The van der Waals surface area contributed by atoms with Gasteiger partial charge in [0, 0.05) is 37.7 Å². The Balaban J connectivity index is 1.40. The minimum Gasteiger partial charge on any atom is -0.379 e. The van der Waals surface area contributed by atoms with Crippen LogP contribution in [0.25, 0.3) is 5.65 Å². The average Bonchev–Trinajstić information content (AvgIpc) is 3.15. The molecule has 1 fully saturated rings. The van der Waals surface area contributed by atoms with Gasteiger partial charge in [-0.3, -0.25) is 4.90 Å². The molecular weight excluding hydrogens is 399 g/mol. The molecule has 1 aliphatic heterocycles. The lowest BCUT2D eigenvalue weighted by molar-refractivity contribution is -0.137. The minimum absolute atomic E-state index is 0.193. The highest BCUT2D eigenvalue weighted by molar-refractivity contribution is 5.65. The maximum Gasteiger partial charge on any atom is 0.416 e. The zero-order valence-corrected chi connectivity index (χ0v) is 16.2. The molecule has 0 bridgehead atoms. The lowest BCUT2D eigenvalue weighted by atomic mass is 10.2. The summed E-state index contributed by atoms with van der Waals surface area (Å²) >= 11 is 0. The van der Waals surface area contributed by atoms with Gasteiger partial charge >= 0.3 is 6.18 Å². The summed E-state index contributed by atoms with van der Waals surface area (Å²) in [5, 5.41) is 10.4. The van der Waals surface area contributed by atoms with Crippen molar-refractivity contribution >= 4 is 23.1 Å². The van der Waals surface area contributed by atoms with Crippen LogP contribution in [0.2, 0.25) is 0 Å². The maximum absolute atomic E-state index is 12.9. The predicted molar refractivity (Wildman–Crippen MR) is 106 cm³/mol. The van der Waals surface area contributed by atoms with E-state index in [1.165, 1.54) is 16.6 Å². The van der Waals surface area contributed by atoms with Crippen molar-refractivity contribution in [2.75, 3.05) is 50.0 Å². The molecule has 2 N–H and O–H groups in total. The van der Waals surface area contributed by atoms with E-state index in [1.807, 2.05) is 0 Å². The van der Waals surface area contributed by atoms with Crippen molar-refractivity contribution in [1.29, 1.82) is 0 Å². The molecule has 1 aliphatic rings. The Bertz CT molecular complexity index is 986. The van der Waals surface area contributed by atoms with E-state index in [2.05, 4.69) is 30.6 Å². The van der Waals surface area contributed by atoms with E-state index in [-0.39, 0.29) is 11.6 Å². The number of halogens is 3. The fraction of sp³-hybridized carbons (Fsp3) is 0.421. The molecule has 4 rings (SSSR count). The Hall–Kier alpha value is -2.92. The van der Waals surface area contributed by atoms with E-state index in [0.717, 1.165) is 51.4 Å². The van der Waals surface area contributed by atoms with Crippen LogP contribution in [0.4, 0.5) is 30.6 Å². The number of ether oxygens (including phenoxy) is 1. The first-order chi connectivity index (χ1) is 14.5. The lowest BCUT2D eigenvalue weighted by Gasteiger charge is -2.26. The van der Waals surface area contributed by atoms with Gasteiger partial charge in [0.25, 0.3) is 0 Å². The topological polar surface area (TPSA) is 79.6 Å². The fourth-order valence-electron chi connectivity index (χ4n) is 3.23. The number of alkyl halides is 3. The Morgan fingerprint density at radius 1 is 1.17 bits per heavy atom. The Morgan fingerprint density at radius 2 is 2.00 bits per heavy atom. The van der Waals surface area contributed by atoms with Crippen LogP contribution in [0.1, 0.15) is 12.0 Å². The van der Waals surface area contributed by atoms with Crippen LogP contribution in [0.3, 0.4) is 0 Å². The second-order valence-corrected chi connectivity index (χ2v) is 6.92. The summed E-state index contributed by atoms with van der Waals surface area (Å²) in [6.07, 6.45) is -0.239. The zero-order valence-electron chi connectivity index (χ0n) is 16.2. The summed E-state index contributed by atoms with van der Waals surface area (Å²) in [7, 11) is 0. The second-order valence-electron chi connectivity index (χ2n) is 6.92. The number of benzene rings is 1. The maximum atomic E-state index is 12.9. The summed E-state index contributed by atoms with van der Waals surface area (Å²) < 4.78 is 45.6. The average molecular weight is 421 g/mol. The van der Waals surface area contributed by atoms with E-state index in [9.17, 15) is 13.2 Å². The largest absolute Gasteiger partial charge is 0.416 e. The molecule has 1 saturated heterocycles. The van der Waals surface area contributed by atoms with Gasteiger partial charge in [0.15, 0.2) is 11.5 Å². The Kier molecular flexibility index (Phi) is 6.00. The van der Waals surface area contributed by atoms with Crippen LogP contribution in [-0.2, 0) is 10.9 Å². The van der Waals surface area contributed by atoms with E-state index in [4.69, 9.17) is 4.74 Å². The zero-order chi connectivity index (χ0) is 21.0. The highest BCUT2D eigenvalue weighted by Crippen LogP contribution is 2.31. The third kappa shape index (κ3) is 4.97. The smallest absolute Gasteiger partial charge is 0.379 e. The number of nitrogens with one attached hydrogen (secondary N) is 2. The highest BCUT2D eigenvalue weighted by atomic mass is 19.4. The fourth-order valence-corrected chi connectivity index (χ4v) is 3.23. The van der Waals surface area contributed by atoms with Gasteiger partial charge < -0.3 is 15.4 Å². The van der Waals surface area contributed by atoms with Crippen molar-refractivity contribution in [2.45, 2.75) is 12.6 Å². The van der Waals surface area contributed by atoms with Crippen molar-refractivity contribution in [3.05, 3.63) is 42.2 Å². The summed E-state index contributed by atoms with van der Waals surface area (Å²) in [5.74, 6) is 0.766. The number of aromatic nitrogens is 4. The molecule has 3 heterocycles. The first-order valence-electron chi connectivity index (χ1n) is 9.69. The molecule has 30 heavy (non-hydrogen) atoms. The summed E-state index contributed by atoms with van der Waals surface area (Å²) in [6.45, 7) is 5.12. The van der Waals surface area contributed by atoms with Gasteiger partial charge in [0.2, 0.25) is 5.95 Å².